The van der Waals surface area contributed by atoms with E-state index >= 15 is 0 Å². The molecule has 0 spiro atoms. The Kier molecular flexibility index (Phi) is 4.49. The van der Waals surface area contributed by atoms with Crippen LogP contribution >= 0.6 is 0 Å². The van der Waals surface area contributed by atoms with Crippen molar-refractivity contribution in [2.24, 2.45) is 11.7 Å². The van der Waals surface area contributed by atoms with Crippen LogP contribution in [-0.2, 0) is 12.8 Å². The summed E-state index contributed by atoms with van der Waals surface area (Å²) >= 11 is 0. The van der Waals surface area contributed by atoms with Gasteiger partial charge < -0.3 is 10.5 Å². The maximum atomic E-state index is 5.50. The fourth-order valence-corrected chi connectivity index (χ4v) is 1.42. The SMILES string of the molecule is COc1nc(CCN)cc(CC(C)C)n1. The molecule has 0 amide bonds. The molecule has 1 heterocycles. The van der Waals surface area contributed by atoms with Crippen LogP contribution in [0.15, 0.2) is 6.07 Å². The summed E-state index contributed by atoms with van der Waals surface area (Å²) in [5, 5.41) is 0. The van der Waals surface area contributed by atoms with E-state index in [-0.39, 0.29) is 0 Å². The van der Waals surface area contributed by atoms with Gasteiger partial charge in [0.15, 0.2) is 0 Å². The number of ether oxygens (including phenoxy) is 1. The van der Waals surface area contributed by atoms with Crippen molar-refractivity contribution in [1.29, 1.82) is 0 Å². The fourth-order valence-electron chi connectivity index (χ4n) is 1.42. The Labute approximate surface area is 90.9 Å². The highest BCUT2D eigenvalue weighted by Crippen LogP contribution is 2.11. The van der Waals surface area contributed by atoms with Gasteiger partial charge in [0, 0.05) is 17.8 Å². The van der Waals surface area contributed by atoms with Crippen LogP contribution in [0.3, 0.4) is 0 Å². The summed E-state index contributed by atoms with van der Waals surface area (Å²) in [4.78, 5) is 8.54. The normalized spacial score (nSPS) is 10.7. The monoisotopic (exact) mass is 209 g/mol. The van der Waals surface area contributed by atoms with Crippen molar-refractivity contribution < 1.29 is 4.74 Å². The first-order valence-electron chi connectivity index (χ1n) is 5.26. The molecular weight excluding hydrogens is 190 g/mol. The maximum Gasteiger partial charge on any atom is 0.316 e. The number of hydrogen-bond donors (Lipinski definition) is 1. The molecule has 2 N–H and O–H groups in total. The van der Waals surface area contributed by atoms with Crippen molar-refractivity contribution >= 4 is 0 Å². The standard InChI is InChI=1S/C11H19N3O/c1-8(2)6-10-7-9(4-5-12)13-11(14-10)15-3/h7-8H,4-6,12H2,1-3H3. The predicted molar refractivity (Wildman–Crippen MR) is 59.9 cm³/mol. The second-order valence-electron chi connectivity index (χ2n) is 3.97. The summed E-state index contributed by atoms with van der Waals surface area (Å²) in [6.07, 6.45) is 1.71. The van der Waals surface area contributed by atoms with Crippen LogP contribution in [0.4, 0.5) is 0 Å². The molecule has 0 saturated carbocycles. The van der Waals surface area contributed by atoms with E-state index in [0.29, 0.717) is 18.5 Å². The van der Waals surface area contributed by atoms with Crippen LogP contribution in [-0.4, -0.2) is 23.6 Å². The van der Waals surface area contributed by atoms with Crippen LogP contribution in [0.5, 0.6) is 6.01 Å². The Balaban J connectivity index is 2.89. The molecule has 0 atom stereocenters. The lowest BCUT2D eigenvalue weighted by Gasteiger charge is -2.08. The minimum Gasteiger partial charge on any atom is -0.467 e. The first-order chi connectivity index (χ1) is 7.15. The fraction of sp³-hybridized carbons (Fsp3) is 0.636. The summed E-state index contributed by atoms with van der Waals surface area (Å²) in [6, 6.07) is 2.45. The third-order valence-corrected chi connectivity index (χ3v) is 2.01. The molecule has 0 aliphatic heterocycles. The summed E-state index contributed by atoms with van der Waals surface area (Å²) in [5.41, 5.74) is 7.49. The number of aromatic nitrogens is 2. The van der Waals surface area contributed by atoms with Gasteiger partial charge >= 0.3 is 6.01 Å². The van der Waals surface area contributed by atoms with Gasteiger partial charge in [-0.3, -0.25) is 0 Å². The van der Waals surface area contributed by atoms with Gasteiger partial charge in [-0.15, -0.1) is 0 Å². The first-order valence-corrected chi connectivity index (χ1v) is 5.26. The van der Waals surface area contributed by atoms with Gasteiger partial charge in [-0.05, 0) is 24.9 Å². The van der Waals surface area contributed by atoms with Crippen molar-refractivity contribution in [3.05, 3.63) is 17.5 Å². The lowest BCUT2D eigenvalue weighted by molar-refractivity contribution is 0.375. The van der Waals surface area contributed by atoms with Gasteiger partial charge in [0.1, 0.15) is 0 Å². The van der Waals surface area contributed by atoms with Crippen molar-refractivity contribution in [3.8, 4) is 6.01 Å². The lowest BCUT2D eigenvalue weighted by Crippen LogP contribution is -2.08. The van der Waals surface area contributed by atoms with Crippen LogP contribution in [0.25, 0.3) is 0 Å². The molecule has 0 fully saturated rings. The first kappa shape index (κ1) is 11.9. The van der Waals surface area contributed by atoms with Gasteiger partial charge in [0.05, 0.1) is 7.11 Å². The van der Waals surface area contributed by atoms with Gasteiger partial charge in [0.2, 0.25) is 0 Å². The minimum atomic E-state index is 0.441. The molecule has 0 saturated heterocycles. The Morgan fingerprint density at radius 2 is 2.00 bits per heavy atom. The van der Waals surface area contributed by atoms with Crippen LogP contribution in [0.1, 0.15) is 25.2 Å². The Hall–Kier alpha value is -1.16. The molecule has 0 unspecified atom stereocenters. The number of nitrogens with zero attached hydrogens (tertiary/aromatic N) is 2. The van der Waals surface area contributed by atoms with Crippen LogP contribution in [0, 0.1) is 5.92 Å². The van der Waals surface area contributed by atoms with E-state index in [1.54, 1.807) is 7.11 Å². The Morgan fingerprint density at radius 1 is 1.33 bits per heavy atom. The molecule has 15 heavy (non-hydrogen) atoms. The van der Waals surface area contributed by atoms with Crippen LogP contribution < -0.4 is 10.5 Å². The highest BCUT2D eigenvalue weighted by Gasteiger charge is 2.06. The van der Waals surface area contributed by atoms with E-state index < -0.39 is 0 Å². The smallest absolute Gasteiger partial charge is 0.316 e. The summed E-state index contributed by atoms with van der Waals surface area (Å²) in [7, 11) is 1.58. The zero-order valence-electron chi connectivity index (χ0n) is 9.66. The predicted octanol–water partition coefficient (Wildman–Crippen LogP) is 1.18. The summed E-state index contributed by atoms with van der Waals surface area (Å²) in [5.74, 6) is 0.579. The van der Waals surface area contributed by atoms with Gasteiger partial charge in [-0.2, -0.15) is 0 Å². The molecule has 4 heteroatoms. The van der Waals surface area contributed by atoms with Crippen molar-refractivity contribution in [3.63, 3.8) is 0 Å². The Bertz CT molecular complexity index is 313. The van der Waals surface area contributed by atoms with Gasteiger partial charge in [0.25, 0.3) is 0 Å². The zero-order valence-corrected chi connectivity index (χ0v) is 9.66. The average molecular weight is 209 g/mol. The molecule has 1 rings (SSSR count). The van der Waals surface area contributed by atoms with Gasteiger partial charge in [-0.25, -0.2) is 9.97 Å². The molecular formula is C11H19N3O. The average Bonchev–Trinajstić information content (AvgIpc) is 2.16. The number of nitrogens with two attached hydrogens (primary N) is 1. The number of rotatable bonds is 5. The molecule has 0 aliphatic rings. The highest BCUT2D eigenvalue weighted by molar-refractivity contribution is 5.14. The second kappa shape index (κ2) is 5.66. The Morgan fingerprint density at radius 3 is 2.53 bits per heavy atom. The molecule has 4 nitrogen and oxygen atoms in total. The van der Waals surface area contributed by atoms with E-state index in [4.69, 9.17) is 10.5 Å². The minimum absolute atomic E-state index is 0.441. The number of hydrogen-bond acceptors (Lipinski definition) is 4. The molecule has 1 aromatic rings. The van der Waals surface area contributed by atoms with E-state index in [1.807, 2.05) is 6.07 Å². The molecule has 1 aromatic heterocycles. The summed E-state index contributed by atoms with van der Waals surface area (Å²) in [6.45, 7) is 4.93. The molecule has 0 radical (unpaired) electrons. The van der Waals surface area contributed by atoms with E-state index in [0.717, 1.165) is 24.2 Å². The van der Waals surface area contributed by atoms with Crippen LogP contribution in [0.2, 0.25) is 0 Å². The quantitative estimate of drug-likeness (QED) is 0.791. The van der Waals surface area contributed by atoms with E-state index in [1.165, 1.54) is 0 Å². The third-order valence-electron chi connectivity index (χ3n) is 2.01. The topological polar surface area (TPSA) is 61.0 Å². The maximum absolute atomic E-state index is 5.50. The van der Waals surface area contributed by atoms with Crippen molar-refractivity contribution in [1.82, 2.24) is 9.97 Å². The van der Waals surface area contributed by atoms with E-state index in [9.17, 15) is 0 Å². The molecule has 0 bridgehead atoms. The zero-order chi connectivity index (χ0) is 11.3. The van der Waals surface area contributed by atoms with Gasteiger partial charge in [-0.1, -0.05) is 13.8 Å². The number of methoxy groups -OCH3 is 1. The highest BCUT2D eigenvalue weighted by atomic mass is 16.5. The second-order valence-corrected chi connectivity index (χ2v) is 3.97. The lowest BCUT2D eigenvalue weighted by atomic mass is 10.1. The summed E-state index contributed by atoms with van der Waals surface area (Å²) < 4.78 is 5.06. The molecule has 0 aliphatic carbocycles. The largest absolute Gasteiger partial charge is 0.467 e. The molecule has 84 valence electrons. The van der Waals surface area contributed by atoms with Crippen molar-refractivity contribution in [2.45, 2.75) is 26.7 Å². The third kappa shape index (κ3) is 3.83. The van der Waals surface area contributed by atoms with Crippen molar-refractivity contribution in [2.75, 3.05) is 13.7 Å². The molecule has 0 aromatic carbocycles. The van der Waals surface area contributed by atoms with E-state index in [2.05, 4.69) is 23.8 Å².